The Morgan fingerprint density at radius 3 is 2.71 bits per heavy atom. The van der Waals surface area contributed by atoms with Crippen LogP contribution < -0.4 is 5.32 Å². The Balaban J connectivity index is 2.12. The zero-order valence-electron chi connectivity index (χ0n) is 10.2. The Morgan fingerprint density at radius 1 is 1.35 bits per heavy atom. The molecule has 1 aromatic carbocycles. The summed E-state index contributed by atoms with van der Waals surface area (Å²) in [6.07, 6.45) is 1.10. The molecule has 17 heavy (non-hydrogen) atoms. The number of rotatable bonds is 3. The minimum Gasteiger partial charge on any atom is -0.315 e. The van der Waals surface area contributed by atoms with Gasteiger partial charge in [-0.3, -0.25) is 4.90 Å². The zero-order valence-corrected chi connectivity index (χ0v) is 10.2. The fourth-order valence-corrected chi connectivity index (χ4v) is 2.31. The second-order valence-corrected chi connectivity index (χ2v) is 4.66. The number of likely N-dealkylation sites (N-methyl/N-ethyl adjacent to an activating group) is 1. The monoisotopic (exact) mass is 240 g/mol. The lowest BCUT2D eigenvalue weighted by Crippen LogP contribution is -2.35. The molecule has 1 heterocycles. The molecule has 1 aliphatic heterocycles. The summed E-state index contributed by atoms with van der Waals surface area (Å²) in [6, 6.07) is 4.70. The van der Waals surface area contributed by atoms with Gasteiger partial charge in [0, 0.05) is 18.6 Å². The van der Waals surface area contributed by atoms with Gasteiger partial charge < -0.3 is 5.32 Å². The van der Waals surface area contributed by atoms with Gasteiger partial charge in [0.25, 0.3) is 0 Å². The van der Waals surface area contributed by atoms with Crippen molar-refractivity contribution in [1.82, 2.24) is 10.2 Å². The van der Waals surface area contributed by atoms with Crippen molar-refractivity contribution < 1.29 is 8.78 Å². The van der Waals surface area contributed by atoms with E-state index in [1.807, 2.05) is 14.0 Å². The predicted octanol–water partition coefficient (Wildman–Crippen LogP) is 2.32. The standard InChI is InChI=1S/C13H18F2N2/c1-9(17(2)11-5-6-16-8-11)10-3-4-12(14)13(15)7-10/h3-4,7,9,11,16H,5-6,8H2,1-2H3. The van der Waals surface area contributed by atoms with Crippen LogP contribution in [0.15, 0.2) is 18.2 Å². The van der Waals surface area contributed by atoms with E-state index in [0.717, 1.165) is 25.1 Å². The van der Waals surface area contributed by atoms with E-state index in [0.29, 0.717) is 6.04 Å². The highest BCUT2D eigenvalue weighted by Crippen LogP contribution is 2.24. The lowest BCUT2D eigenvalue weighted by atomic mass is 10.0. The van der Waals surface area contributed by atoms with Crippen LogP contribution in [0.1, 0.15) is 24.9 Å². The normalized spacial score (nSPS) is 22.1. The van der Waals surface area contributed by atoms with Crippen molar-refractivity contribution >= 4 is 0 Å². The first-order valence-corrected chi connectivity index (χ1v) is 5.97. The maximum absolute atomic E-state index is 13.2. The highest BCUT2D eigenvalue weighted by Gasteiger charge is 2.24. The van der Waals surface area contributed by atoms with Gasteiger partial charge in [-0.05, 0) is 44.6 Å². The molecule has 1 N–H and O–H groups in total. The van der Waals surface area contributed by atoms with Crippen molar-refractivity contribution in [2.75, 3.05) is 20.1 Å². The fraction of sp³-hybridized carbons (Fsp3) is 0.538. The van der Waals surface area contributed by atoms with Crippen molar-refractivity contribution in [3.05, 3.63) is 35.4 Å². The van der Waals surface area contributed by atoms with Crippen molar-refractivity contribution in [2.24, 2.45) is 0 Å². The summed E-state index contributed by atoms with van der Waals surface area (Å²) in [7, 11) is 2.03. The highest BCUT2D eigenvalue weighted by molar-refractivity contribution is 5.21. The Labute approximate surface area is 101 Å². The van der Waals surface area contributed by atoms with Crippen molar-refractivity contribution in [2.45, 2.75) is 25.4 Å². The molecule has 2 atom stereocenters. The molecule has 0 aromatic heterocycles. The van der Waals surface area contributed by atoms with E-state index < -0.39 is 11.6 Å². The van der Waals surface area contributed by atoms with Crippen LogP contribution in [0.3, 0.4) is 0 Å². The molecule has 2 nitrogen and oxygen atoms in total. The van der Waals surface area contributed by atoms with Crippen LogP contribution in [0.25, 0.3) is 0 Å². The fourth-order valence-electron chi connectivity index (χ4n) is 2.31. The first kappa shape index (κ1) is 12.5. The topological polar surface area (TPSA) is 15.3 Å². The van der Waals surface area contributed by atoms with Gasteiger partial charge in [0.1, 0.15) is 0 Å². The van der Waals surface area contributed by atoms with E-state index in [4.69, 9.17) is 0 Å². The summed E-state index contributed by atoms with van der Waals surface area (Å²) in [5, 5.41) is 3.30. The number of hydrogen-bond donors (Lipinski definition) is 1. The number of nitrogens with zero attached hydrogens (tertiary/aromatic N) is 1. The van der Waals surface area contributed by atoms with E-state index >= 15 is 0 Å². The van der Waals surface area contributed by atoms with E-state index in [2.05, 4.69) is 10.2 Å². The first-order valence-electron chi connectivity index (χ1n) is 5.97. The highest BCUT2D eigenvalue weighted by atomic mass is 19.2. The van der Waals surface area contributed by atoms with Gasteiger partial charge in [0.2, 0.25) is 0 Å². The lowest BCUT2D eigenvalue weighted by molar-refractivity contribution is 0.196. The smallest absolute Gasteiger partial charge is 0.159 e. The van der Waals surface area contributed by atoms with E-state index in [-0.39, 0.29) is 6.04 Å². The Hall–Kier alpha value is -1.00. The van der Waals surface area contributed by atoms with Gasteiger partial charge in [-0.25, -0.2) is 8.78 Å². The van der Waals surface area contributed by atoms with E-state index in [1.54, 1.807) is 6.07 Å². The summed E-state index contributed by atoms with van der Waals surface area (Å²) in [4.78, 5) is 2.21. The predicted molar refractivity (Wildman–Crippen MR) is 63.8 cm³/mol. The van der Waals surface area contributed by atoms with Gasteiger partial charge in [0.05, 0.1) is 0 Å². The van der Waals surface area contributed by atoms with Crippen molar-refractivity contribution in [3.63, 3.8) is 0 Å². The Bertz CT molecular complexity index is 389. The number of benzene rings is 1. The molecular formula is C13H18F2N2. The first-order chi connectivity index (χ1) is 8.09. The summed E-state index contributed by atoms with van der Waals surface area (Å²) in [5.74, 6) is -1.56. The van der Waals surface area contributed by atoms with Crippen LogP contribution in [0, 0.1) is 11.6 Å². The molecule has 0 saturated carbocycles. The van der Waals surface area contributed by atoms with Crippen molar-refractivity contribution in [1.29, 1.82) is 0 Å². The maximum Gasteiger partial charge on any atom is 0.159 e. The average Bonchev–Trinajstić information content (AvgIpc) is 2.84. The summed E-state index contributed by atoms with van der Waals surface area (Å²) in [6.45, 7) is 4.01. The third-order valence-electron chi connectivity index (χ3n) is 3.65. The van der Waals surface area contributed by atoms with Crippen LogP contribution in [-0.2, 0) is 0 Å². The van der Waals surface area contributed by atoms with Crippen LogP contribution in [0.2, 0.25) is 0 Å². The van der Waals surface area contributed by atoms with Gasteiger partial charge in [-0.2, -0.15) is 0 Å². The molecule has 1 fully saturated rings. The molecule has 1 saturated heterocycles. The second kappa shape index (κ2) is 5.10. The average molecular weight is 240 g/mol. The maximum atomic E-state index is 13.2. The molecule has 1 aliphatic rings. The number of nitrogens with one attached hydrogen (secondary N) is 1. The summed E-state index contributed by atoms with van der Waals surface area (Å²) >= 11 is 0. The van der Waals surface area contributed by atoms with Crippen LogP contribution in [-0.4, -0.2) is 31.1 Å². The molecular weight excluding hydrogens is 222 g/mol. The second-order valence-electron chi connectivity index (χ2n) is 4.66. The molecule has 94 valence electrons. The Morgan fingerprint density at radius 2 is 2.12 bits per heavy atom. The molecule has 0 amide bonds. The zero-order chi connectivity index (χ0) is 12.4. The number of halogens is 2. The van der Waals surface area contributed by atoms with Gasteiger partial charge in [-0.1, -0.05) is 6.07 Å². The van der Waals surface area contributed by atoms with Gasteiger partial charge >= 0.3 is 0 Å². The Kier molecular flexibility index (Phi) is 3.74. The van der Waals surface area contributed by atoms with Crippen LogP contribution in [0.5, 0.6) is 0 Å². The van der Waals surface area contributed by atoms with Crippen LogP contribution >= 0.6 is 0 Å². The number of hydrogen-bond acceptors (Lipinski definition) is 2. The molecule has 0 spiro atoms. The molecule has 0 radical (unpaired) electrons. The van der Waals surface area contributed by atoms with Gasteiger partial charge in [-0.15, -0.1) is 0 Å². The summed E-state index contributed by atoms with van der Waals surface area (Å²) < 4.78 is 26.0. The quantitative estimate of drug-likeness (QED) is 0.872. The molecule has 0 aliphatic carbocycles. The molecule has 2 unspecified atom stereocenters. The van der Waals surface area contributed by atoms with Gasteiger partial charge in [0.15, 0.2) is 11.6 Å². The molecule has 1 aromatic rings. The molecule has 4 heteroatoms. The van der Waals surface area contributed by atoms with E-state index in [1.165, 1.54) is 12.1 Å². The minimum absolute atomic E-state index is 0.0926. The van der Waals surface area contributed by atoms with Crippen LogP contribution in [0.4, 0.5) is 8.78 Å². The third kappa shape index (κ3) is 2.64. The summed E-state index contributed by atoms with van der Waals surface area (Å²) in [5.41, 5.74) is 0.818. The SMILES string of the molecule is CC(c1ccc(F)c(F)c1)N(C)C1CCNC1. The third-order valence-corrected chi connectivity index (χ3v) is 3.65. The lowest BCUT2D eigenvalue weighted by Gasteiger charge is -2.30. The minimum atomic E-state index is -0.786. The van der Waals surface area contributed by atoms with Crippen molar-refractivity contribution in [3.8, 4) is 0 Å². The molecule has 0 bridgehead atoms. The van der Waals surface area contributed by atoms with E-state index in [9.17, 15) is 8.78 Å². The molecule has 2 rings (SSSR count). The largest absolute Gasteiger partial charge is 0.315 e.